The summed E-state index contributed by atoms with van der Waals surface area (Å²) in [6.07, 6.45) is 1.03. The molecule has 0 aliphatic rings. The zero-order chi connectivity index (χ0) is 12.4. The molecule has 3 nitrogen and oxygen atoms in total. The second-order valence-electron chi connectivity index (χ2n) is 3.37. The third-order valence-electron chi connectivity index (χ3n) is 1.65. The van der Waals surface area contributed by atoms with Crippen molar-refractivity contribution in [1.29, 1.82) is 0 Å². The number of benzene rings is 1. The molecule has 0 aliphatic heterocycles. The highest BCUT2D eigenvalue weighted by Crippen LogP contribution is 1.92. The highest BCUT2D eigenvalue weighted by Gasteiger charge is 2.02. The molecular weight excluding hydrogens is 204 g/mol. The van der Waals surface area contributed by atoms with Crippen LogP contribution >= 0.6 is 0 Å². The van der Waals surface area contributed by atoms with E-state index in [-0.39, 0.29) is 0 Å². The van der Waals surface area contributed by atoms with E-state index in [1.807, 2.05) is 25.1 Å². The SMILES string of the molecule is CCCC(=O)OC(C)=O.Cc1ccccc1. The summed E-state index contributed by atoms with van der Waals surface area (Å²) in [5.41, 5.74) is 1.32. The number of ether oxygens (including phenoxy) is 1. The van der Waals surface area contributed by atoms with Crippen molar-refractivity contribution in [1.82, 2.24) is 0 Å². The molecule has 0 radical (unpaired) electrons. The summed E-state index contributed by atoms with van der Waals surface area (Å²) in [6, 6.07) is 10.3. The largest absolute Gasteiger partial charge is 0.393 e. The van der Waals surface area contributed by atoms with Crippen LogP contribution in [0.5, 0.6) is 0 Å². The van der Waals surface area contributed by atoms with Gasteiger partial charge in [0, 0.05) is 13.3 Å². The topological polar surface area (TPSA) is 43.4 Å². The Morgan fingerprint density at radius 3 is 2.06 bits per heavy atom. The molecule has 0 saturated heterocycles. The summed E-state index contributed by atoms with van der Waals surface area (Å²) in [5.74, 6) is -0.974. The third kappa shape index (κ3) is 8.94. The van der Waals surface area contributed by atoms with E-state index in [2.05, 4.69) is 23.8 Å². The lowest BCUT2D eigenvalue weighted by atomic mass is 10.2. The molecule has 1 aromatic carbocycles. The molecule has 0 atom stereocenters. The van der Waals surface area contributed by atoms with Crippen molar-refractivity contribution in [2.75, 3.05) is 0 Å². The number of carbonyl (C=O) groups excluding carboxylic acids is 2. The number of aryl methyl sites for hydroxylation is 1. The van der Waals surface area contributed by atoms with Crippen LogP contribution in [0, 0.1) is 6.92 Å². The van der Waals surface area contributed by atoms with Gasteiger partial charge in [-0.05, 0) is 13.3 Å². The number of hydrogen-bond acceptors (Lipinski definition) is 3. The van der Waals surface area contributed by atoms with E-state index in [1.165, 1.54) is 12.5 Å². The van der Waals surface area contributed by atoms with Gasteiger partial charge in [-0.15, -0.1) is 0 Å². The van der Waals surface area contributed by atoms with E-state index in [0.29, 0.717) is 12.8 Å². The fourth-order valence-electron chi connectivity index (χ4n) is 0.950. The Hall–Kier alpha value is -1.64. The lowest BCUT2D eigenvalue weighted by Crippen LogP contribution is -2.07. The Bertz CT molecular complexity index is 317. The van der Waals surface area contributed by atoms with Gasteiger partial charge in [0.25, 0.3) is 0 Å². The van der Waals surface area contributed by atoms with Crippen LogP contribution in [0.1, 0.15) is 32.3 Å². The van der Waals surface area contributed by atoms with Gasteiger partial charge in [0.2, 0.25) is 0 Å². The molecule has 1 aromatic rings. The molecule has 1 rings (SSSR count). The zero-order valence-electron chi connectivity index (χ0n) is 10.0. The van der Waals surface area contributed by atoms with Crippen LogP contribution in [-0.4, -0.2) is 11.9 Å². The maximum absolute atomic E-state index is 10.4. The predicted molar refractivity (Wildman–Crippen MR) is 62.9 cm³/mol. The van der Waals surface area contributed by atoms with Crippen LogP contribution in [0.25, 0.3) is 0 Å². The monoisotopic (exact) mass is 222 g/mol. The Balaban J connectivity index is 0.000000288. The van der Waals surface area contributed by atoms with Crippen molar-refractivity contribution < 1.29 is 14.3 Å². The van der Waals surface area contributed by atoms with Gasteiger partial charge < -0.3 is 4.74 Å². The van der Waals surface area contributed by atoms with Gasteiger partial charge in [-0.1, -0.05) is 42.8 Å². The maximum Gasteiger partial charge on any atom is 0.313 e. The van der Waals surface area contributed by atoms with Crippen molar-refractivity contribution >= 4 is 11.9 Å². The van der Waals surface area contributed by atoms with E-state index in [0.717, 1.165) is 0 Å². The molecule has 0 amide bonds. The molecule has 3 heteroatoms. The Kier molecular flexibility index (Phi) is 7.76. The molecule has 0 N–H and O–H groups in total. The first-order valence-corrected chi connectivity index (χ1v) is 5.29. The molecule has 0 bridgehead atoms. The van der Waals surface area contributed by atoms with Crippen LogP contribution in [0.15, 0.2) is 30.3 Å². The molecule has 0 aliphatic carbocycles. The second-order valence-corrected chi connectivity index (χ2v) is 3.37. The van der Waals surface area contributed by atoms with Crippen molar-refractivity contribution in [3.63, 3.8) is 0 Å². The quantitative estimate of drug-likeness (QED) is 0.571. The van der Waals surface area contributed by atoms with Crippen molar-refractivity contribution in [3.8, 4) is 0 Å². The van der Waals surface area contributed by atoms with Gasteiger partial charge in [-0.3, -0.25) is 9.59 Å². The van der Waals surface area contributed by atoms with Crippen LogP contribution in [0.4, 0.5) is 0 Å². The van der Waals surface area contributed by atoms with Gasteiger partial charge in [0.15, 0.2) is 0 Å². The summed E-state index contributed by atoms with van der Waals surface area (Å²) in [6.45, 7) is 5.15. The van der Waals surface area contributed by atoms with E-state index in [9.17, 15) is 9.59 Å². The Morgan fingerprint density at radius 1 is 1.19 bits per heavy atom. The molecule has 88 valence electrons. The summed E-state index contributed by atoms with van der Waals surface area (Å²) in [5, 5.41) is 0. The first-order valence-electron chi connectivity index (χ1n) is 5.29. The normalized spacial score (nSPS) is 8.69. The molecule has 0 saturated carbocycles. The predicted octanol–water partition coefficient (Wildman–Crippen LogP) is 2.87. The zero-order valence-corrected chi connectivity index (χ0v) is 10.0. The standard InChI is InChI=1S/C7H8.C6H10O3/c1-7-5-3-2-4-6-7;1-3-4-6(8)9-5(2)7/h2-6H,1H3;3-4H2,1-2H3. The van der Waals surface area contributed by atoms with E-state index in [1.54, 1.807) is 0 Å². The second kappa shape index (κ2) is 8.65. The summed E-state index contributed by atoms with van der Waals surface area (Å²) < 4.78 is 4.21. The first kappa shape index (κ1) is 14.4. The van der Waals surface area contributed by atoms with E-state index < -0.39 is 11.9 Å². The number of rotatable bonds is 2. The Morgan fingerprint density at radius 2 is 1.75 bits per heavy atom. The molecule has 0 aromatic heterocycles. The fraction of sp³-hybridized carbons (Fsp3) is 0.385. The van der Waals surface area contributed by atoms with Crippen molar-refractivity contribution in [2.45, 2.75) is 33.6 Å². The number of esters is 2. The van der Waals surface area contributed by atoms with Crippen LogP contribution in [0.2, 0.25) is 0 Å². The maximum atomic E-state index is 10.4. The van der Waals surface area contributed by atoms with Gasteiger partial charge in [-0.2, -0.15) is 0 Å². The molecule has 0 heterocycles. The van der Waals surface area contributed by atoms with Gasteiger partial charge in [-0.25, -0.2) is 0 Å². The lowest BCUT2D eigenvalue weighted by Gasteiger charge is -1.94. The van der Waals surface area contributed by atoms with Crippen LogP contribution in [0.3, 0.4) is 0 Å². The number of hydrogen-bond donors (Lipinski definition) is 0. The first-order chi connectivity index (χ1) is 7.56. The highest BCUT2D eigenvalue weighted by molar-refractivity contribution is 5.83. The van der Waals surface area contributed by atoms with Gasteiger partial charge in [0.1, 0.15) is 0 Å². The van der Waals surface area contributed by atoms with Crippen molar-refractivity contribution in [2.24, 2.45) is 0 Å². The van der Waals surface area contributed by atoms with Gasteiger partial charge >= 0.3 is 11.9 Å². The minimum absolute atomic E-state index is 0.319. The highest BCUT2D eigenvalue weighted by atomic mass is 16.6. The Labute approximate surface area is 96.4 Å². The van der Waals surface area contributed by atoms with Crippen molar-refractivity contribution in [3.05, 3.63) is 35.9 Å². The molecule has 0 spiro atoms. The smallest absolute Gasteiger partial charge is 0.313 e. The molecule has 0 unspecified atom stereocenters. The summed E-state index contributed by atoms with van der Waals surface area (Å²) in [7, 11) is 0. The average molecular weight is 222 g/mol. The minimum atomic E-state index is -0.534. The average Bonchev–Trinajstić information content (AvgIpc) is 2.18. The minimum Gasteiger partial charge on any atom is -0.393 e. The third-order valence-corrected chi connectivity index (χ3v) is 1.65. The van der Waals surface area contributed by atoms with E-state index >= 15 is 0 Å². The summed E-state index contributed by atoms with van der Waals surface area (Å²) >= 11 is 0. The van der Waals surface area contributed by atoms with Crippen LogP contribution < -0.4 is 0 Å². The molecular formula is C13H18O3. The number of carbonyl (C=O) groups is 2. The lowest BCUT2D eigenvalue weighted by molar-refractivity contribution is -0.158. The van der Waals surface area contributed by atoms with E-state index in [4.69, 9.17) is 0 Å². The van der Waals surface area contributed by atoms with Crippen LogP contribution in [-0.2, 0) is 14.3 Å². The summed E-state index contributed by atoms with van der Waals surface area (Å²) in [4.78, 5) is 20.5. The molecule has 16 heavy (non-hydrogen) atoms. The van der Waals surface area contributed by atoms with Gasteiger partial charge in [0.05, 0.1) is 0 Å². The fourth-order valence-corrected chi connectivity index (χ4v) is 0.950. The molecule has 0 fully saturated rings.